The number of nitrogens with zero attached hydrogens (tertiary/aromatic N) is 2. The van der Waals surface area contributed by atoms with Gasteiger partial charge in [0.25, 0.3) is 28.0 Å². The summed E-state index contributed by atoms with van der Waals surface area (Å²) in [6.07, 6.45) is 1.12. The number of benzene rings is 2. The van der Waals surface area contributed by atoms with E-state index in [0.29, 0.717) is 4.73 Å². The van der Waals surface area contributed by atoms with Crippen LogP contribution in [0.4, 0.5) is 11.4 Å². The van der Waals surface area contributed by atoms with Crippen molar-refractivity contribution < 1.29 is 32.7 Å². The summed E-state index contributed by atoms with van der Waals surface area (Å²) in [5.74, 6) is -1.47. The molecule has 3 aromatic rings. The van der Waals surface area contributed by atoms with Gasteiger partial charge in [-0.05, 0) is 41.3 Å². The molecule has 0 unspecified atom stereocenters. The topological polar surface area (TPSA) is 117 Å². The number of nitrogens with one attached hydrogen (secondary N) is 1. The van der Waals surface area contributed by atoms with Crippen LogP contribution in [0.1, 0.15) is 47.1 Å². The van der Waals surface area contributed by atoms with E-state index in [0.717, 1.165) is 16.7 Å². The fourth-order valence-corrected chi connectivity index (χ4v) is 5.05. The molecule has 35 heavy (non-hydrogen) atoms. The number of sulfonamides is 1. The summed E-state index contributed by atoms with van der Waals surface area (Å²) < 4.78 is 34.2. The minimum Gasteiger partial charge on any atom is -0.445 e. The number of carbonyl (C=O) groups is 2. The number of fused-ring (bicyclic) bond motifs is 1. The first-order valence-electron chi connectivity index (χ1n) is 10.5. The Morgan fingerprint density at radius 3 is 2.17 bits per heavy atom. The van der Waals surface area contributed by atoms with Crippen molar-refractivity contribution in [1.82, 2.24) is 0 Å². The van der Waals surface area contributed by atoms with Gasteiger partial charge in [-0.3, -0.25) is 19.5 Å². The van der Waals surface area contributed by atoms with Gasteiger partial charge in [0.1, 0.15) is 5.69 Å². The molecule has 11 heteroatoms. The van der Waals surface area contributed by atoms with Crippen LogP contribution in [0.3, 0.4) is 0 Å². The van der Waals surface area contributed by atoms with Crippen molar-refractivity contribution in [2.24, 2.45) is 0 Å². The van der Waals surface area contributed by atoms with Gasteiger partial charge in [0.2, 0.25) is 0 Å². The molecule has 0 saturated heterocycles. The first-order valence-corrected chi connectivity index (χ1v) is 12.3. The Labute approximate surface area is 207 Å². The molecule has 2 heterocycles. The highest BCUT2D eigenvalue weighted by Gasteiger charge is 2.42. The van der Waals surface area contributed by atoms with Crippen LogP contribution in [-0.2, 0) is 15.4 Å². The molecule has 0 atom stereocenters. The van der Waals surface area contributed by atoms with Gasteiger partial charge in [0.05, 0.1) is 39.9 Å². The highest BCUT2D eigenvalue weighted by atomic mass is 35.5. The minimum absolute atomic E-state index is 0.000643. The molecule has 182 valence electrons. The number of imide groups is 1. The highest BCUT2D eigenvalue weighted by Crippen LogP contribution is 2.37. The van der Waals surface area contributed by atoms with E-state index in [4.69, 9.17) is 16.3 Å². The fourth-order valence-electron chi connectivity index (χ4n) is 3.74. The average Bonchev–Trinajstić information content (AvgIpc) is 3.06. The number of amides is 2. The third kappa shape index (κ3) is 4.30. The number of hydrogen-bond acceptors (Lipinski definition) is 6. The van der Waals surface area contributed by atoms with Crippen molar-refractivity contribution in [2.45, 2.75) is 31.1 Å². The Bertz CT molecular complexity index is 1460. The van der Waals surface area contributed by atoms with Crippen LogP contribution in [0.2, 0.25) is 5.02 Å². The summed E-state index contributed by atoms with van der Waals surface area (Å²) in [5.41, 5.74) is 0.438. The Kier molecular flexibility index (Phi) is 5.98. The first kappa shape index (κ1) is 24.5. The Balaban J connectivity index is 1.73. The molecule has 2 N–H and O–H groups in total. The highest BCUT2D eigenvalue weighted by molar-refractivity contribution is 7.92. The van der Waals surface area contributed by atoms with E-state index in [1.807, 2.05) is 20.8 Å². The molecular formula is C24H23ClN3O6S+. The molecule has 1 aromatic heterocycles. The van der Waals surface area contributed by atoms with Crippen molar-refractivity contribution in [3.05, 3.63) is 76.4 Å². The van der Waals surface area contributed by atoms with E-state index in [9.17, 15) is 23.2 Å². The molecule has 0 aliphatic carbocycles. The van der Waals surface area contributed by atoms with Gasteiger partial charge in [-0.1, -0.05) is 44.5 Å². The van der Waals surface area contributed by atoms with Gasteiger partial charge >= 0.3 is 5.88 Å². The second kappa shape index (κ2) is 8.54. The van der Waals surface area contributed by atoms with Crippen molar-refractivity contribution >= 4 is 44.8 Å². The van der Waals surface area contributed by atoms with E-state index in [1.54, 1.807) is 12.1 Å². The van der Waals surface area contributed by atoms with Crippen LogP contribution in [0.25, 0.3) is 0 Å². The predicted octanol–water partition coefficient (Wildman–Crippen LogP) is 3.77. The maximum atomic E-state index is 13.3. The molecule has 1 aliphatic heterocycles. The van der Waals surface area contributed by atoms with Crippen molar-refractivity contribution in [3.8, 4) is 5.88 Å². The molecule has 0 fully saturated rings. The van der Waals surface area contributed by atoms with Gasteiger partial charge in [0.15, 0.2) is 0 Å². The van der Waals surface area contributed by atoms with E-state index in [2.05, 4.69) is 4.72 Å². The first-order chi connectivity index (χ1) is 16.3. The van der Waals surface area contributed by atoms with Gasteiger partial charge in [-0.15, -0.1) is 0 Å². The summed E-state index contributed by atoms with van der Waals surface area (Å²) in [6.45, 7) is 6.05. The second-order valence-electron chi connectivity index (χ2n) is 8.94. The molecule has 2 aromatic carbocycles. The number of anilines is 2. The molecule has 2 amide bonds. The molecular weight excluding hydrogens is 494 g/mol. The monoisotopic (exact) mass is 516 g/mol. The molecule has 0 bridgehead atoms. The number of pyridine rings is 1. The molecule has 0 radical (unpaired) electrons. The number of ether oxygens (including phenoxy) is 1. The summed E-state index contributed by atoms with van der Waals surface area (Å²) in [6, 6.07) is 11.9. The van der Waals surface area contributed by atoms with Gasteiger partial charge in [-0.2, -0.15) is 0 Å². The summed E-state index contributed by atoms with van der Waals surface area (Å²) in [4.78, 5) is 27.3. The van der Waals surface area contributed by atoms with Crippen LogP contribution in [0, 0.1) is 0 Å². The minimum atomic E-state index is -4.08. The number of aromatic nitrogens is 1. The quantitative estimate of drug-likeness (QED) is 0.303. The zero-order valence-electron chi connectivity index (χ0n) is 19.4. The second-order valence-corrected chi connectivity index (χ2v) is 11.0. The van der Waals surface area contributed by atoms with Gasteiger partial charge in [-0.25, -0.2) is 13.3 Å². The molecule has 4 rings (SSSR count). The summed E-state index contributed by atoms with van der Waals surface area (Å²) >= 11 is 6.23. The van der Waals surface area contributed by atoms with E-state index in [1.165, 1.54) is 43.5 Å². The number of rotatable bonds is 5. The van der Waals surface area contributed by atoms with Crippen LogP contribution in [0.15, 0.2) is 59.6 Å². The standard InChI is InChI=1S/C24H22ClN3O6S/c1-24(2,3)14-5-8-16(9-6-14)35(32,33)26-18-11-10-17(25)20-21(18)23(30)28(22(20)29)15-7-12-19(34-4)27(31)13-15/h5-13H,1-4H3,(H-,26,30,31)/p+1. The number of hydrogen-bond donors (Lipinski definition) is 2. The Hall–Kier alpha value is -3.63. The largest absolute Gasteiger partial charge is 0.445 e. The molecule has 9 nitrogen and oxygen atoms in total. The van der Waals surface area contributed by atoms with Crippen molar-refractivity contribution in [2.75, 3.05) is 16.7 Å². The van der Waals surface area contributed by atoms with E-state index in [-0.39, 0.29) is 43.7 Å². The molecule has 0 spiro atoms. The maximum Gasteiger partial charge on any atom is 0.416 e. The number of halogens is 1. The summed E-state index contributed by atoms with van der Waals surface area (Å²) in [7, 11) is -2.74. The predicted molar refractivity (Wildman–Crippen MR) is 129 cm³/mol. The molecule has 1 aliphatic rings. The van der Waals surface area contributed by atoms with Crippen LogP contribution in [-0.4, -0.2) is 32.5 Å². The smallest absolute Gasteiger partial charge is 0.416 e. The zero-order chi connectivity index (χ0) is 25.7. The summed E-state index contributed by atoms with van der Waals surface area (Å²) in [5, 5.41) is 10.0. The number of carbonyl (C=O) groups excluding carboxylic acids is 2. The van der Waals surface area contributed by atoms with E-state index < -0.39 is 21.8 Å². The maximum absolute atomic E-state index is 13.3. The van der Waals surface area contributed by atoms with E-state index >= 15 is 0 Å². The number of methoxy groups -OCH3 is 1. The lowest BCUT2D eigenvalue weighted by atomic mass is 9.87. The van der Waals surface area contributed by atoms with Gasteiger partial charge in [0, 0.05) is 4.73 Å². The molecule has 0 saturated carbocycles. The van der Waals surface area contributed by atoms with Gasteiger partial charge < -0.3 is 4.74 Å². The fraction of sp³-hybridized carbons (Fsp3) is 0.208. The van der Waals surface area contributed by atoms with Crippen molar-refractivity contribution in [3.63, 3.8) is 0 Å². The van der Waals surface area contributed by atoms with Crippen LogP contribution < -0.4 is 19.1 Å². The van der Waals surface area contributed by atoms with Crippen LogP contribution in [0.5, 0.6) is 5.88 Å². The lowest BCUT2D eigenvalue weighted by molar-refractivity contribution is -0.905. The third-order valence-corrected chi connectivity index (χ3v) is 7.30. The van der Waals surface area contributed by atoms with Crippen LogP contribution >= 0.6 is 11.6 Å². The normalized spacial score (nSPS) is 13.7. The third-order valence-electron chi connectivity index (χ3n) is 5.61. The Morgan fingerprint density at radius 2 is 1.60 bits per heavy atom. The average molecular weight is 517 g/mol. The SMILES string of the molecule is COc1ccc(N2C(=O)c3c(Cl)ccc(NS(=O)(=O)c4ccc(C(C)(C)C)cc4)c3C2=O)c[n+]1O. The Morgan fingerprint density at radius 1 is 0.971 bits per heavy atom. The lowest BCUT2D eigenvalue weighted by Crippen LogP contribution is -2.36. The lowest BCUT2D eigenvalue weighted by Gasteiger charge is -2.19. The van der Waals surface area contributed by atoms with Crippen molar-refractivity contribution in [1.29, 1.82) is 0 Å². The zero-order valence-corrected chi connectivity index (χ0v) is 20.9.